The van der Waals surface area contributed by atoms with E-state index >= 15 is 0 Å². The number of aryl methyl sites for hydroxylation is 2. The van der Waals surface area contributed by atoms with Crippen LogP contribution in [-0.2, 0) is 12.8 Å². The molecule has 0 amide bonds. The van der Waals surface area contributed by atoms with Gasteiger partial charge in [0.05, 0.1) is 0 Å². The number of ketones is 1. The van der Waals surface area contributed by atoms with E-state index in [1.54, 1.807) is 0 Å². The zero-order valence-corrected chi connectivity index (χ0v) is 17.6. The molecule has 148 valence electrons. The summed E-state index contributed by atoms with van der Waals surface area (Å²) in [4.78, 5) is 13.7. The van der Waals surface area contributed by atoms with Gasteiger partial charge in [0, 0.05) is 11.1 Å². The van der Waals surface area contributed by atoms with Crippen LogP contribution in [0.3, 0.4) is 0 Å². The van der Waals surface area contributed by atoms with Gasteiger partial charge >= 0.3 is 0 Å². The summed E-state index contributed by atoms with van der Waals surface area (Å²) >= 11 is 0. The van der Waals surface area contributed by atoms with Crippen molar-refractivity contribution in [3.8, 4) is 0 Å². The van der Waals surface area contributed by atoms with Crippen LogP contribution in [0.25, 0.3) is 0 Å². The van der Waals surface area contributed by atoms with E-state index in [9.17, 15) is 4.79 Å². The molecule has 4 rings (SSSR count). The van der Waals surface area contributed by atoms with Gasteiger partial charge in [0.15, 0.2) is 5.78 Å². The molecule has 0 saturated heterocycles. The molecule has 30 heavy (non-hydrogen) atoms. The summed E-state index contributed by atoms with van der Waals surface area (Å²) in [5.41, 5.74) is 8.52. The van der Waals surface area contributed by atoms with Gasteiger partial charge in [0.2, 0.25) is 0 Å². The summed E-state index contributed by atoms with van der Waals surface area (Å²) in [7, 11) is 0. The maximum atomic E-state index is 13.7. The van der Waals surface area contributed by atoms with Crippen molar-refractivity contribution in [2.45, 2.75) is 26.7 Å². The lowest BCUT2D eigenvalue weighted by Crippen LogP contribution is -2.10. The molecule has 0 unspecified atom stereocenters. The lowest BCUT2D eigenvalue weighted by atomic mass is 9.89. The van der Waals surface area contributed by atoms with Gasteiger partial charge in [0.1, 0.15) is 0 Å². The largest absolute Gasteiger partial charge is 0.289 e. The molecule has 0 spiro atoms. The maximum Gasteiger partial charge on any atom is 0.193 e. The second-order valence-electron chi connectivity index (χ2n) is 7.98. The number of hydrogen-bond acceptors (Lipinski definition) is 1. The first-order valence-corrected chi connectivity index (χ1v) is 10.4. The molecule has 0 fully saturated rings. The Hall–Kier alpha value is -3.45. The second kappa shape index (κ2) is 8.92. The van der Waals surface area contributed by atoms with E-state index in [4.69, 9.17) is 0 Å². The molecular formula is C29H26O. The van der Waals surface area contributed by atoms with Crippen molar-refractivity contribution in [3.63, 3.8) is 0 Å². The molecule has 4 aromatic carbocycles. The van der Waals surface area contributed by atoms with Crippen molar-refractivity contribution in [2.75, 3.05) is 0 Å². The molecule has 0 bridgehead atoms. The summed E-state index contributed by atoms with van der Waals surface area (Å²) in [5, 5.41) is 0. The minimum absolute atomic E-state index is 0.104. The fourth-order valence-corrected chi connectivity index (χ4v) is 3.96. The summed E-state index contributed by atoms with van der Waals surface area (Å²) in [6.45, 7) is 4.16. The molecule has 0 N–H and O–H groups in total. The Balaban J connectivity index is 1.73. The summed E-state index contributed by atoms with van der Waals surface area (Å²) in [5.74, 6) is 0.104. The highest BCUT2D eigenvalue weighted by Crippen LogP contribution is 2.24. The predicted molar refractivity (Wildman–Crippen MR) is 124 cm³/mol. The number of carbonyl (C=O) groups excluding carboxylic acids is 1. The smallest absolute Gasteiger partial charge is 0.193 e. The van der Waals surface area contributed by atoms with Crippen LogP contribution >= 0.6 is 0 Å². The fourth-order valence-electron chi connectivity index (χ4n) is 3.96. The first-order valence-electron chi connectivity index (χ1n) is 10.4. The third-order valence-corrected chi connectivity index (χ3v) is 5.49. The molecule has 0 atom stereocenters. The topological polar surface area (TPSA) is 17.1 Å². The van der Waals surface area contributed by atoms with Crippen LogP contribution in [0.15, 0.2) is 97.1 Å². The van der Waals surface area contributed by atoms with Gasteiger partial charge in [-0.25, -0.2) is 0 Å². The third-order valence-electron chi connectivity index (χ3n) is 5.49. The van der Waals surface area contributed by atoms with Crippen molar-refractivity contribution in [3.05, 3.63) is 142 Å². The van der Waals surface area contributed by atoms with Crippen LogP contribution in [0, 0.1) is 13.8 Å². The molecule has 1 nitrogen and oxygen atoms in total. The quantitative estimate of drug-likeness (QED) is 0.334. The minimum Gasteiger partial charge on any atom is -0.289 e. The highest BCUT2D eigenvalue weighted by Gasteiger charge is 2.18. The first-order chi connectivity index (χ1) is 14.6. The molecule has 0 saturated carbocycles. The Morgan fingerprint density at radius 3 is 1.37 bits per heavy atom. The monoisotopic (exact) mass is 390 g/mol. The van der Waals surface area contributed by atoms with Crippen LogP contribution < -0.4 is 0 Å². The van der Waals surface area contributed by atoms with E-state index < -0.39 is 0 Å². The fraction of sp³-hybridized carbons (Fsp3) is 0.138. The van der Waals surface area contributed by atoms with Gasteiger partial charge in [0.25, 0.3) is 0 Å². The van der Waals surface area contributed by atoms with E-state index in [1.165, 1.54) is 22.3 Å². The predicted octanol–water partition coefficient (Wildman–Crippen LogP) is 6.72. The van der Waals surface area contributed by atoms with Crippen molar-refractivity contribution in [1.82, 2.24) is 0 Å². The highest BCUT2D eigenvalue weighted by atomic mass is 16.1. The number of rotatable bonds is 6. The molecule has 0 aliphatic rings. The van der Waals surface area contributed by atoms with Crippen LogP contribution in [-0.4, -0.2) is 5.78 Å². The van der Waals surface area contributed by atoms with Crippen molar-refractivity contribution >= 4 is 5.78 Å². The molecular weight excluding hydrogens is 364 g/mol. The summed E-state index contributed by atoms with van der Waals surface area (Å²) < 4.78 is 0. The van der Waals surface area contributed by atoms with Crippen LogP contribution in [0.5, 0.6) is 0 Å². The summed E-state index contributed by atoms with van der Waals surface area (Å²) in [6, 6.07) is 33.0. The lowest BCUT2D eigenvalue weighted by molar-refractivity contribution is 0.103. The Kier molecular flexibility index (Phi) is 5.90. The zero-order valence-electron chi connectivity index (χ0n) is 17.6. The Morgan fingerprint density at radius 2 is 0.967 bits per heavy atom. The van der Waals surface area contributed by atoms with E-state index in [-0.39, 0.29) is 5.78 Å². The van der Waals surface area contributed by atoms with Crippen LogP contribution in [0.4, 0.5) is 0 Å². The van der Waals surface area contributed by atoms with Crippen molar-refractivity contribution < 1.29 is 4.79 Å². The molecule has 0 aliphatic carbocycles. The Bertz CT molecular complexity index is 1060. The number of carbonyl (C=O) groups is 1. The van der Waals surface area contributed by atoms with Gasteiger partial charge in [-0.2, -0.15) is 0 Å². The average Bonchev–Trinajstić information content (AvgIpc) is 2.75. The Morgan fingerprint density at radius 1 is 0.567 bits per heavy atom. The maximum absolute atomic E-state index is 13.7. The van der Waals surface area contributed by atoms with Gasteiger partial charge in [-0.1, -0.05) is 108 Å². The van der Waals surface area contributed by atoms with Crippen molar-refractivity contribution in [2.24, 2.45) is 0 Å². The number of hydrogen-bond donors (Lipinski definition) is 0. The Labute approximate surface area is 179 Å². The first kappa shape index (κ1) is 19.8. The SMILES string of the molecule is Cc1ccc(C(=O)c2ccc(C)cc2Cc2ccccc2)c(Cc2ccccc2)c1. The number of benzene rings is 4. The summed E-state index contributed by atoms with van der Waals surface area (Å²) in [6.07, 6.45) is 1.51. The molecule has 0 radical (unpaired) electrons. The van der Waals surface area contributed by atoms with Gasteiger partial charge in [-0.3, -0.25) is 4.79 Å². The minimum atomic E-state index is 0.104. The zero-order chi connectivity index (χ0) is 20.9. The second-order valence-corrected chi connectivity index (χ2v) is 7.98. The van der Waals surface area contributed by atoms with E-state index in [0.717, 1.165) is 35.1 Å². The molecule has 0 aliphatic heterocycles. The molecule has 0 heterocycles. The van der Waals surface area contributed by atoms with Crippen LogP contribution in [0.1, 0.15) is 49.3 Å². The standard InChI is InChI=1S/C29H26O/c1-21-13-15-27(25(17-21)19-23-9-5-3-6-10-23)29(30)28-16-14-22(2)18-26(28)20-24-11-7-4-8-12-24/h3-18H,19-20H2,1-2H3. The molecule has 0 aromatic heterocycles. The van der Waals surface area contributed by atoms with E-state index in [0.29, 0.717) is 0 Å². The van der Waals surface area contributed by atoms with E-state index in [1.807, 2.05) is 60.7 Å². The third kappa shape index (κ3) is 4.58. The van der Waals surface area contributed by atoms with Gasteiger partial charge in [-0.05, 0) is 48.9 Å². The van der Waals surface area contributed by atoms with Gasteiger partial charge in [-0.15, -0.1) is 0 Å². The van der Waals surface area contributed by atoms with Crippen molar-refractivity contribution in [1.29, 1.82) is 0 Å². The molecule has 4 aromatic rings. The normalized spacial score (nSPS) is 10.7. The molecule has 1 heteroatoms. The lowest BCUT2D eigenvalue weighted by Gasteiger charge is -2.14. The van der Waals surface area contributed by atoms with E-state index in [2.05, 4.69) is 50.2 Å². The van der Waals surface area contributed by atoms with Crippen LogP contribution in [0.2, 0.25) is 0 Å². The highest BCUT2D eigenvalue weighted by molar-refractivity contribution is 6.11. The average molecular weight is 391 g/mol. The van der Waals surface area contributed by atoms with Gasteiger partial charge < -0.3 is 0 Å².